The molecule has 1 N–H and O–H groups in total. The number of hydrogen-bond acceptors (Lipinski definition) is 4. The summed E-state index contributed by atoms with van der Waals surface area (Å²) in [6.07, 6.45) is 2.73. The Bertz CT molecular complexity index is 696. The third-order valence-electron chi connectivity index (χ3n) is 3.08. The molecule has 5 nitrogen and oxygen atoms in total. The normalized spacial score (nSPS) is 16.3. The lowest BCUT2D eigenvalue weighted by Gasteiger charge is -2.34. The number of rotatable bonds is 5. The van der Waals surface area contributed by atoms with Gasteiger partial charge in [-0.2, -0.15) is 13.9 Å². The van der Waals surface area contributed by atoms with E-state index in [0.29, 0.717) is 18.4 Å². The molecule has 0 radical (unpaired) electrons. The molecule has 0 aliphatic heterocycles. The van der Waals surface area contributed by atoms with Crippen molar-refractivity contribution < 1.29 is 26.9 Å². The van der Waals surface area contributed by atoms with Crippen LogP contribution in [0.15, 0.2) is 30.9 Å². The van der Waals surface area contributed by atoms with E-state index < -0.39 is 45.4 Å². The highest BCUT2D eigenvalue weighted by molar-refractivity contribution is 7.85. The standard InChI is InChI=1S/C12H11F4N3O2S/c1-22(21)12(15,16)11(20,5-19-7-17-6-18-19)9-3-2-8(13)4-10(9)14/h2-4,6-7,20H,5H2,1H3. The van der Waals surface area contributed by atoms with Crippen molar-refractivity contribution in [3.8, 4) is 0 Å². The van der Waals surface area contributed by atoms with Crippen molar-refractivity contribution >= 4 is 10.8 Å². The summed E-state index contributed by atoms with van der Waals surface area (Å²) in [5.74, 6) is -2.38. The minimum Gasteiger partial charge on any atom is -0.376 e. The molecule has 0 aliphatic carbocycles. The summed E-state index contributed by atoms with van der Waals surface area (Å²) in [7, 11) is -2.83. The lowest BCUT2D eigenvalue weighted by molar-refractivity contribution is -0.142. The van der Waals surface area contributed by atoms with Crippen LogP contribution in [-0.4, -0.2) is 35.6 Å². The van der Waals surface area contributed by atoms with Gasteiger partial charge in [0.2, 0.25) is 0 Å². The van der Waals surface area contributed by atoms with Crippen molar-refractivity contribution in [3.05, 3.63) is 48.1 Å². The summed E-state index contributed by atoms with van der Waals surface area (Å²) in [6, 6.07) is 1.76. The fourth-order valence-corrected chi connectivity index (χ4v) is 2.60. The van der Waals surface area contributed by atoms with Gasteiger partial charge >= 0.3 is 5.25 Å². The molecule has 2 rings (SSSR count). The topological polar surface area (TPSA) is 68.0 Å². The lowest BCUT2D eigenvalue weighted by atomic mass is 9.93. The summed E-state index contributed by atoms with van der Waals surface area (Å²) in [5.41, 5.74) is -4.08. The zero-order valence-corrected chi connectivity index (χ0v) is 12.0. The first-order valence-corrected chi connectivity index (χ1v) is 7.46. The van der Waals surface area contributed by atoms with Gasteiger partial charge in [0.1, 0.15) is 24.3 Å². The van der Waals surface area contributed by atoms with E-state index in [9.17, 15) is 26.9 Å². The van der Waals surface area contributed by atoms with Crippen LogP contribution in [0.25, 0.3) is 0 Å². The number of aromatic nitrogens is 3. The number of halogens is 4. The van der Waals surface area contributed by atoms with Gasteiger partial charge in [0.05, 0.1) is 17.3 Å². The summed E-state index contributed by atoms with van der Waals surface area (Å²) in [6.45, 7) is -0.915. The van der Waals surface area contributed by atoms with Gasteiger partial charge in [-0.3, -0.25) is 4.21 Å². The fourth-order valence-electron chi connectivity index (χ4n) is 1.95. The van der Waals surface area contributed by atoms with Gasteiger partial charge in [0, 0.05) is 17.9 Å². The molecule has 1 heterocycles. The molecule has 2 unspecified atom stereocenters. The number of benzene rings is 1. The summed E-state index contributed by atoms with van der Waals surface area (Å²) in [4.78, 5) is 3.53. The molecule has 1 aromatic carbocycles. The van der Waals surface area contributed by atoms with Gasteiger partial charge in [-0.25, -0.2) is 18.4 Å². The first kappa shape index (κ1) is 16.6. The second-order valence-electron chi connectivity index (χ2n) is 4.55. The van der Waals surface area contributed by atoms with E-state index in [2.05, 4.69) is 10.1 Å². The summed E-state index contributed by atoms with van der Waals surface area (Å²) in [5, 5.41) is 9.78. The maximum absolute atomic E-state index is 14.3. The first-order chi connectivity index (χ1) is 10.2. The van der Waals surface area contributed by atoms with Crippen molar-refractivity contribution in [3.63, 3.8) is 0 Å². The fraction of sp³-hybridized carbons (Fsp3) is 0.333. The average Bonchev–Trinajstić information content (AvgIpc) is 2.90. The molecule has 0 bridgehead atoms. The highest BCUT2D eigenvalue weighted by Gasteiger charge is 2.58. The minimum absolute atomic E-state index is 0.357. The Morgan fingerprint density at radius 1 is 1.36 bits per heavy atom. The Labute approximate surface area is 125 Å². The van der Waals surface area contributed by atoms with E-state index in [1.807, 2.05) is 0 Å². The SMILES string of the molecule is CS(=O)C(F)(F)C(O)(Cn1cncn1)c1ccc(F)cc1F. The highest BCUT2D eigenvalue weighted by Crippen LogP contribution is 2.42. The third kappa shape index (κ3) is 2.75. The van der Waals surface area contributed by atoms with E-state index in [1.165, 1.54) is 0 Å². The van der Waals surface area contributed by atoms with E-state index in [4.69, 9.17) is 0 Å². The summed E-state index contributed by atoms with van der Waals surface area (Å²) >= 11 is 0. The van der Waals surface area contributed by atoms with Gasteiger partial charge < -0.3 is 5.11 Å². The molecule has 2 atom stereocenters. The van der Waals surface area contributed by atoms with E-state index in [1.54, 1.807) is 0 Å². The number of hydrogen-bond donors (Lipinski definition) is 1. The predicted octanol–water partition coefficient (Wildman–Crippen LogP) is 1.42. The maximum Gasteiger partial charge on any atom is 0.354 e. The highest BCUT2D eigenvalue weighted by atomic mass is 32.2. The first-order valence-electron chi connectivity index (χ1n) is 5.90. The second-order valence-corrected chi connectivity index (χ2v) is 5.97. The van der Waals surface area contributed by atoms with Crippen LogP contribution in [0.5, 0.6) is 0 Å². The van der Waals surface area contributed by atoms with Crippen molar-refractivity contribution in [2.24, 2.45) is 0 Å². The van der Waals surface area contributed by atoms with Crippen LogP contribution in [0.1, 0.15) is 5.56 Å². The minimum atomic E-state index is -4.21. The smallest absolute Gasteiger partial charge is 0.354 e. The second kappa shape index (κ2) is 5.76. The van der Waals surface area contributed by atoms with Gasteiger partial charge in [-0.1, -0.05) is 0 Å². The van der Waals surface area contributed by atoms with Gasteiger partial charge in [0.25, 0.3) is 0 Å². The van der Waals surface area contributed by atoms with Crippen LogP contribution < -0.4 is 0 Å². The van der Waals surface area contributed by atoms with Crippen LogP contribution >= 0.6 is 0 Å². The molecule has 10 heteroatoms. The molecule has 120 valence electrons. The molecule has 22 heavy (non-hydrogen) atoms. The maximum atomic E-state index is 14.3. The van der Waals surface area contributed by atoms with E-state index >= 15 is 0 Å². The van der Waals surface area contributed by atoms with Crippen molar-refractivity contribution in [1.82, 2.24) is 14.8 Å². The number of aliphatic hydroxyl groups is 1. The molecule has 0 aliphatic rings. The zero-order valence-electron chi connectivity index (χ0n) is 11.2. The molecule has 1 aromatic heterocycles. The Morgan fingerprint density at radius 2 is 2.05 bits per heavy atom. The Kier molecular flexibility index (Phi) is 4.34. The van der Waals surface area contributed by atoms with Crippen LogP contribution in [0.3, 0.4) is 0 Å². The Morgan fingerprint density at radius 3 is 2.55 bits per heavy atom. The van der Waals surface area contributed by atoms with Crippen LogP contribution in [0, 0.1) is 11.6 Å². The molecular formula is C12H11F4N3O2S. The van der Waals surface area contributed by atoms with Crippen LogP contribution in [-0.2, 0) is 22.9 Å². The number of alkyl halides is 2. The molecule has 0 saturated heterocycles. The molecule has 0 spiro atoms. The molecular weight excluding hydrogens is 326 g/mol. The lowest BCUT2D eigenvalue weighted by Crippen LogP contribution is -2.51. The Balaban J connectivity index is 2.61. The monoisotopic (exact) mass is 337 g/mol. The third-order valence-corrected chi connectivity index (χ3v) is 4.14. The molecule has 0 fully saturated rings. The van der Waals surface area contributed by atoms with Crippen molar-refractivity contribution in [1.29, 1.82) is 0 Å². The zero-order chi connectivity index (χ0) is 16.5. The molecule has 2 aromatic rings. The van der Waals surface area contributed by atoms with Crippen molar-refractivity contribution in [2.45, 2.75) is 17.4 Å². The quantitative estimate of drug-likeness (QED) is 0.838. The van der Waals surface area contributed by atoms with Crippen LogP contribution in [0.2, 0.25) is 0 Å². The summed E-state index contributed by atoms with van der Waals surface area (Å²) < 4.78 is 67.6. The van der Waals surface area contributed by atoms with Crippen LogP contribution in [0.4, 0.5) is 17.6 Å². The molecule has 0 saturated carbocycles. The number of nitrogens with zero attached hydrogens (tertiary/aromatic N) is 3. The van der Waals surface area contributed by atoms with Gasteiger partial charge in [-0.05, 0) is 12.1 Å². The van der Waals surface area contributed by atoms with Gasteiger partial charge in [-0.15, -0.1) is 0 Å². The van der Waals surface area contributed by atoms with E-state index in [0.717, 1.165) is 23.4 Å². The molecule has 0 amide bonds. The largest absolute Gasteiger partial charge is 0.376 e. The van der Waals surface area contributed by atoms with Crippen molar-refractivity contribution in [2.75, 3.05) is 6.26 Å². The van der Waals surface area contributed by atoms with E-state index in [-0.39, 0.29) is 0 Å². The Hall–Kier alpha value is -1.81. The predicted molar refractivity (Wildman–Crippen MR) is 69.3 cm³/mol. The average molecular weight is 337 g/mol. The van der Waals surface area contributed by atoms with Gasteiger partial charge in [0.15, 0.2) is 5.60 Å².